The lowest BCUT2D eigenvalue weighted by Crippen LogP contribution is -2.38. The molecule has 1 heterocycles. The van der Waals surface area contributed by atoms with Crippen molar-refractivity contribution in [1.29, 1.82) is 0 Å². The second-order valence-corrected chi connectivity index (χ2v) is 5.61. The van der Waals surface area contributed by atoms with Crippen LogP contribution >= 0.6 is 11.3 Å². The number of carbonyl (C=O) groups excluding carboxylic acids is 1. The predicted octanol–water partition coefficient (Wildman–Crippen LogP) is 1.05. The van der Waals surface area contributed by atoms with Crippen molar-refractivity contribution in [2.45, 2.75) is 26.4 Å². The molecule has 0 atom stereocenters. The van der Waals surface area contributed by atoms with Gasteiger partial charge < -0.3 is 10.4 Å². The summed E-state index contributed by atoms with van der Waals surface area (Å²) in [5.74, 6) is 5.59. The molecule has 4 nitrogen and oxygen atoms in total. The normalized spacial score (nSPS) is 10.4. The van der Waals surface area contributed by atoms with Gasteiger partial charge in [0.15, 0.2) is 0 Å². The van der Waals surface area contributed by atoms with Crippen molar-refractivity contribution in [1.82, 2.24) is 10.2 Å². The van der Waals surface area contributed by atoms with Crippen molar-refractivity contribution in [3.63, 3.8) is 0 Å². The van der Waals surface area contributed by atoms with E-state index in [1.165, 1.54) is 0 Å². The number of hydrogen-bond donors (Lipinski definition) is 2. The molecule has 104 valence electrons. The number of nitrogens with one attached hydrogen (secondary N) is 1. The van der Waals surface area contributed by atoms with Crippen molar-refractivity contribution in [3.05, 3.63) is 21.9 Å². The van der Waals surface area contributed by atoms with Crippen LogP contribution in [-0.2, 0) is 11.3 Å². The van der Waals surface area contributed by atoms with Gasteiger partial charge in [0.05, 0.1) is 6.54 Å². The van der Waals surface area contributed by atoms with Crippen LogP contribution in [-0.4, -0.2) is 42.2 Å². The third kappa shape index (κ3) is 5.88. The molecule has 0 spiro atoms. The van der Waals surface area contributed by atoms with Gasteiger partial charge in [-0.3, -0.25) is 9.69 Å². The zero-order chi connectivity index (χ0) is 14.3. The van der Waals surface area contributed by atoms with Gasteiger partial charge in [-0.15, -0.1) is 11.3 Å². The minimum atomic E-state index is -0.137. The van der Waals surface area contributed by atoms with Crippen LogP contribution in [0.15, 0.2) is 11.4 Å². The third-order valence-electron chi connectivity index (χ3n) is 2.32. The molecule has 19 heavy (non-hydrogen) atoms. The smallest absolute Gasteiger partial charge is 0.234 e. The molecular weight excluding hydrogens is 260 g/mol. The summed E-state index contributed by atoms with van der Waals surface area (Å²) in [7, 11) is 1.91. The molecule has 5 heteroatoms. The Kier molecular flexibility index (Phi) is 6.57. The third-order valence-corrected chi connectivity index (χ3v) is 3.23. The van der Waals surface area contributed by atoms with Gasteiger partial charge >= 0.3 is 0 Å². The highest BCUT2D eigenvalue weighted by atomic mass is 32.1. The highest BCUT2D eigenvalue weighted by Crippen LogP contribution is 2.17. The lowest BCUT2D eigenvalue weighted by Gasteiger charge is -2.16. The Labute approximate surface area is 118 Å². The Morgan fingerprint density at radius 2 is 2.32 bits per heavy atom. The van der Waals surface area contributed by atoms with Crippen molar-refractivity contribution in [3.8, 4) is 11.8 Å². The quantitative estimate of drug-likeness (QED) is 0.793. The minimum absolute atomic E-state index is 0.0250. The van der Waals surface area contributed by atoms with Crippen molar-refractivity contribution >= 4 is 17.2 Å². The topological polar surface area (TPSA) is 52.6 Å². The van der Waals surface area contributed by atoms with E-state index in [1.54, 1.807) is 11.3 Å². The number of aliphatic hydroxyl groups is 1. The molecule has 0 radical (unpaired) electrons. The SMILES string of the molecule is CC(C)NC(=O)CN(C)Cc1sccc1C#CCO. The summed E-state index contributed by atoms with van der Waals surface area (Å²) in [6.07, 6.45) is 0. The summed E-state index contributed by atoms with van der Waals surface area (Å²) >= 11 is 1.61. The van der Waals surface area contributed by atoms with Gasteiger partial charge in [0, 0.05) is 23.0 Å². The fourth-order valence-corrected chi connectivity index (χ4v) is 2.53. The fourth-order valence-electron chi connectivity index (χ4n) is 1.62. The molecule has 0 aromatic carbocycles. The van der Waals surface area contributed by atoms with Gasteiger partial charge in [-0.1, -0.05) is 11.8 Å². The Bertz CT molecular complexity index is 471. The van der Waals surface area contributed by atoms with E-state index in [4.69, 9.17) is 5.11 Å². The first kappa shape index (κ1) is 15.7. The maximum Gasteiger partial charge on any atom is 0.234 e. The largest absolute Gasteiger partial charge is 0.384 e. The van der Waals surface area contributed by atoms with Crippen LogP contribution in [0.4, 0.5) is 0 Å². The van der Waals surface area contributed by atoms with E-state index in [0.29, 0.717) is 13.1 Å². The summed E-state index contributed by atoms with van der Waals surface area (Å²) in [6.45, 7) is 4.79. The van der Waals surface area contributed by atoms with Gasteiger partial charge in [-0.2, -0.15) is 0 Å². The monoisotopic (exact) mass is 280 g/mol. The van der Waals surface area contributed by atoms with Crippen molar-refractivity contribution in [2.75, 3.05) is 20.2 Å². The first-order chi connectivity index (χ1) is 9.02. The van der Waals surface area contributed by atoms with Crippen LogP contribution in [0.25, 0.3) is 0 Å². The fraction of sp³-hybridized carbons (Fsp3) is 0.500. The average Bonchev–Trinajstić information content (AvgIpc) is 2.72. The van der Waals surface area contributed by atoms with Crippen LogP contribution in [0, 0.1) is 11.8 Å². The van der Waals surface area contributed by atoms with Crippen molar-refractivity contribution < 1.29 is 9.90 Å². The molecule has 0 saturated carbocycles. The molecule has 0 aliphatic carbocycles. The van der Waals surface area contributed by atoms with Crippen LogP contribution in [0.2, 0.25) is 0 Å². The molecule has 1 aromatic heterocycles. The second-order valence-electron chi connectivity index (χ2n) is 4.61. The molecule has 0 fully saturated rings. The first-order valence-corrected chi connectivity index (χ1v) is 7.05. The van der Waals surface area contributed by atoms with Gasteiger partial charge in [-0.25, -0.2) is 0 Å². The lowest BCUT2D eigenvalue weighted by atomic mass is 10.2. The molecular formula is C14H20N2O2S. The van der Waals surface area contributed by atoms with Gasteiger partial charge in [-0.05, 0) is 32.3 Å². The highest BCUT2D eigenvalue weighted by Gasteiger charge is 2.10. The minimum Gasteiger partial charge on any atom is -0.384 e. The maximum absolute atomic E-state index is 11.6. The lowest BCUT2D eigenvalue weighted by molar-refractivity contribution is -0.122. The molecule has 1 aromatic rings. The van der Waals surface area contributed by atoms with E-state index in [2.05, 4.69) is 17.2 Å². The van der Waals surface area contributed by atoms with Crippen LogP contribution in [0.5, 0.6) is 0 Å². The molecule has 0 saturated heterocycles. The Hall–Kier alpha value is -1.35. The summed E-state index contributed by atoms with van der Waals surface area (Å²) in [6, 6.07) is 2.10. The van der Waals surface area contributed by atoms with Crippen LogP contribution in [0.3, 0.4) is 0 Å². The molecule has 0 aliphatic rings. The van der Waals surface area contributed by atoms with E-state index in [-0.39, 0.29) is 18.6 Å². The number of amides is 1. The van der Waals surface area contributed by atoms with E-state index in [0.717, 1.165) is 10.4 Å². The molecule has 1 rings (SSSR count). The average molecular weight is 280 g/mol. The zero-order valence-corrected chi connectivity index (χ0v) is 12.4. The number of aliphatic hydroxyl groups excluding tert-OH is 1. The Balaban J connectivity index is 2.55. The number of hydrogen-bond acceptors (Lipinski definition) is 4. The van der Waals surface area contributed by atoms with Crippen molar-refractivity contribution in [2.24, 2.45) is 0 Å². The number of thiophene rings is 1. The Morgan fingerprint density at radius 3 is 2.95 bits per heavy atom. The van der Waals surface area contributed by atoms with Gasteiger partial charge in [0.1, 0.15) is 6.61 Å². The van der Waals surface area contributed by atoms with Gasteiger partial charge in [0.2, 0.25) is 5.91 Å². The van der Waals surface area contributed by atoms with Gasteiger partial charge in [0.25, 0.3) is 0 Å². The number of rotatable bonds is 5. The summed E-state index contributed by atoms with van der Waals surface area (Å²) < 4.78 is 0. The summed E-state index contributed by atoms with van der Waals surface area (Å²) in [4.78, 5) is 14.7. The van der Waals surface area contributed by atoms with E-state index in [1.807, 2.05) is 37.2 Å². The van der Waals surface area contributed by atoms with E-state index >= 15 is 0 Å². The molecule has 0 bridgehead atoms. The van der Waals surface area contributed by atoms with E-state index in [9.17, 15) is 4.79 Å². The summed E-state index contributed by atoms with van der Waals surface area (Å²) in [5, 5.41) is 13.5. The summed E-state index contributed by atoms with van der Waals surface area (Å²) in [5.41, 5.74) is 0.926. The maximum atomic E-state index is 11.6. The Morgan fingerprint density at radius 1 is 1.58 bits per heavy atom. The van der Waals surface area contributed by atoms with E-state index < -0.39 is 0 Å². The second kappa shape index (κ2) is 7.95. The molecule has 1 amide bonds. The molecule has 0 unspecified atom stereocenters. The number of carbonyl (C=O) groups is 1. The molecule has 0 aliphatic heterocycles. The molecule has 2 N–H and O–H groups in total. The highest BCUT2D eigenvalue weighted by molar-refractivity contribution is 7.10. The predicted molar refractivity (Wildman–Crippen MR) is 77.9 cm³/mol. The van der Waals surface area contributed by atoms with Crippen LogP contribution < -0.4 is 5.32 Å². The zero-order valence-electron chi connectivity index (χ0n) is 11.6. The first-order valence-electron chi connectivity index (χ1n) is 6.17. The standard InChI is InChI=1S/C14H20N2O2S/c1-11(2)15-14(18)10-16(3)9-13-12(5-4-7-17)6-8-19-13/h6,8,11,17H,7,9-10H2,1-3H3,(H,15,18). The number of nitrogens with zero attached hydrogens (tertiary/aromatic N) is 1. The van der Waals surface area contributed by atoms with Crippen LogP contribution in [0.1, 0.15) is 24.3 Å². The number of likely N-dealkylation sites (N-methyl/N-ethyl adjacent to an activating group) is 1.